The van der Waals surface area contributed by atoms with E-state index >= 15 is 0 Å². The molecular weight excluding hydrogens is 292 g/mol. The molecule has 8 heteroatoms. The molecule has 2 bridgehead atoms. The topological polar surface area (TPSA) is 118 Å². The van der Waals surface area contributed by atoms with E-state index in [0.29, 0.717) is 17.5 Å². The van der Waals surface area contributed by atoms with Crippen molar-refractivity contribution in [3.8, 4) is 0 Å². The molecule has 1 aromatic rings. The van der Waals surface area contributed by atoms with Crippen LogP contribution in [0.1, 0.15) is 35.4 Å². The Bertz CT molecular complexity index is 710. The largest absolute Gasteiger partial charge is 0.347 e. The lowest BCUT2D eigenvalue weighted by molar-refractivity contribution is 0.0936. The lowest BCUT2D eigenvalue weighted by Crippen LogP contribution is -2.31. The van der Waals surface area contributed by atoms with E-state index in [0.717, 1.165) is 11.8 Å². The van der Waals surface area contributed by atoms with Gasteiger partial charge >= 0.3 is 0 Å². The Morgan fingerprint density at radius 3 is 2.52 bits per heavy atom. The number of hydrogen-bond donors (Lipinski definition) is 3. The van der Waals surface area contributed by atoms with Gasteiger partial charge in [0.1, 0.15) is 4.90 Å². The number of nitrogens with one attached hydrogen (secondary N) is 2. The number of primary sulfonamides is 1. The maximum absolute atomic E-state index is 12.3. The molecule has 4 rings (SSSR count). The van der Waals surface area contributed by atoms with Gasteiger partial charge in [0.15, 0.2) is 5.69 Å². The summed E-state index contributed by atoms with van der Waals surface area (Å²) in [4.78, 5) is 12.1. The third kappa shape index (κ3) is 1.85. The molecule has 7 nitrogen and oxygen atoms in total. The van der Waals surface area contributed by atoms with Gasteiger partial charge in [0, 0.05) is 6.04 Å². The molecule has 0 spiro atoms. The summed E-state index contributed by atoms with van der Waals surface area (Å²) in [6.07, 6.45) is 3.83. The number of rotatable bonds is 3. The molecule has 3 aliphatic carbocycles. The van der Waals surface area contributed by atoms with E-state index < -0.39 is 15.9 Å². The maximum atomic E-state index is 12.3. The summed E-state index contributed by atoms with van der Waals surface area (Å²) in [6, 6.07) is 0.189. The highest BCUT2D eigenvalue weighted by Crippen LogP contribution is 2.65. The van der Waals surface area contributed by atoms with Crippen molar-refractivity contribution in [2.45, 2.75) is 37.1 Å². The molecule has 21 heavy (non-hydrogen) atoms. The molecule has 1 amide bonds. The van der Waals surface area contributed by atoms with Crippen LogP contribution in [-0.2, 0) is 10.0 Å². The predicted molar refractivity (Wildman–Crippen MR) is 73.8 cm³/mol. The first kappa shape index (κ1) is 13.3. The third-order valence-corrected chi connectivity index (χ3v) is 6.49. The number of hydrogen-bond acceptors (Lipinski definition) is 4. The van der Waals surface area contributed by atoms with Crippen LogP contribution in [-0.4, -0.2) is 30.6 Å². The van der Waals surface area contributed by atoms with Crippen LogP contribution in [0.4, 0.5) is 0 Å². The quantitative estimate of drug-likeness (QED) is 0.736. The number of nitrogens with zero attached hydrogens (tertiary/aromatic N) is 1. The van der Waals surface area contributed by atoms with Gasteiger partial charge in [0.2, 0.25) is 10.0 Å². The molecule has 4 unspecified atom stereocenters. The van der Waals surface area contributed by atoms with E-state index in [2.05, 4.69) is 15.5 Å². The molecule has 0 radical (unpaired) electrons. The fourth-order valence-electron chi connectivity index (χ4n) is 4.66. The van der Waals surface area contributed by atoms with Crippen molar-refractivity contribution in [1.82, 2.24) is 15.5 Å². The van der Waals surface area contributed by atoms with E-state index in [1.807, 2.05) is 0 Å². The van der Waals surface area contributed by atoms with Gasteiger partial charge in [0.25, 0.3) is 5.91 Å². The summed E-state index contributed by atoms with van der Waals surface area (Å²) >= 11 is 0. The van der Waals surface area contributed by atoms with Gasteiger partial charge in [0.05, 0.1) is 5.69 Å². The van der Waals surface area contributed by atoms with E-state index in [1.165, 1.54) is 26.2 Å². The molecule has 0 saturated heterocycles. The lowest BCUT2D eigenvalue weighted by Gasteiger charge is -2.10. The normalized spacial score (nSPS) is 36.6. The van der Waals surface area contributed by atoms with Crippen molar-refractivity contribution in [1.29, 1.82) is 0 Å². The molecule has 4 N–H and O–H groups in total. The first-order valence-electron chi connectivity index (χ1n) is 7.26. The second-order valence-electron chi connectivity index (χ2n) is 6.56. The molecule has 114 valence electrons. The molecule has 4 atom stereocenters. The highest BCUT2D eigenvalue weighted by Gasteiger charge is 2.65. The van der Waals surface area contributed by atoms with Gasteiger partial charge in [-0.1, -0.05) is 0 Å². The number of aromatic nitrogens is 2. The molecule has 1 heterocycles. The zero-order valence-electron chi connectivity index (χ0n) is 11.7. The predicted octanol–water partition coefficient (Wildman–Crippen LogP) is 0.140. The zero-order chi connectivity index (χ0) is 14.9. The van der Waals surface area contributed by atoms with Crippen LogP contribution in [0.25, 0.3) is 0 Å². The highest BCUT2D eigenvalue weighted by atomic mass is 32.2. The molecule has 0 aromatic carbocycles. The van der Waals surface area contributed by atoms with Crippen molar-refractivity contribution in [2.75, 3.05) is 0 Å². The average Bonchev–Trinajstić information content (AvgIpc) is 2.81. The Kier molecular flexibility index (Phi) is 2.57. The molecule has 3 aliphatic rings. The second kappa shape index (κ2) is 4.07. The molecule has 3 fully saturated rings. The Morgan fingerprint density at radius 1 is 1.33 bits per heavy atom. The van der Waals surface area contributed by atoms with Gasteiger partial charge in [-0.25, -0.2) is 13.6 Å². The summed E-state index contributed by atoms with van der Waals surface area (Å²) in [6.45, 7) is 1.54. The van der Waals surface area contributed by atoms with Crippen LogP contribution in [0.5, 0.6) is 0 Å². The van der Waals surface area contributed by atoms with Gasteiger partial charge in [-0.2, -0.15) is 5.10 Å². The van der Waals surface area contributed by atoms with Crippen LogP contribution < -0.4 is 10.5 Å². The molecule has 3 saturated carbocycles. The number of carbonyl (C=O) groups is 1. The molecule has 0 aliphatic heterocycles. The van der Waals surface area contributed by atoms with Gasteiger partial charge in [-0.05, 0) is 49.9 Å². The monoisotopic (exact) mass is 310 g/mol. The summed E-state index contributed by atoms with van der Waals surface area (Å²) in [5.74, 6) is 2.21. The van der Waals surface area contributed by atoms with Gasteiger partial charge in [-0.3, -0.25) is 9.89 Å². The van der Waals surface area contributed by atoms with Crippen molar-refractivity contribution in [3.63, 3.8) is 0 Å². The van der Waals surface area contributed by atoms with Crippen LogP contribution in [0.2, 0.25) is 0 Å². The maximum Gasteiger partial charge on any atom is 0.273 e. The fourth-order valence-corrected chi connectivity index (χ4v) is 5.54. The standard InChI is InChI=1S/C13H18N4O3S/c1-5-12(21(14,19)20)11(17-16-5)13(18)15-10-8-6-2-3-7(4-6)9(8)10/h6-10H,2-4H2,1H3,(H,15,18)(H,16,17)(H2,14,19,20). The zero-order valence-corrected chi connectivity index (χ0v) is 12.5. The number of nitrogens with two attached hydrogens (primary N) is 1. The Labute approximate surface area is 122 Å². The summed E-state index contributed by atoms with van der Waals surface area (Å²) in [5, 5.41) is 14.5. The van der Waals surface area contributed by atoms with Gasteiger partial charge in [-0.15, -0.1) is 0 Å². The second-order valence-corrected chi connectivity index (χ2v) is 8.06. The Morgan fingerprint density at radius 2 is 1.95 bits per heavy atom. The highest BCUT2D eigenvalue weighted by molar-refractivity contribution is 7.89. The Balaban J connectivity index is 1.55. The van der Waals surface area contributed by atoms with Crippen molar-refractivity contribution in [2.24, 2.45) is 28.8 Å². The first-order chi connectivity index (χ1) is 9.88. The number of aryl methyl sites for hydroxylation is 1. The Hall–Kier alpha value is -1.41. The van der Waals surface area contributed by atoms with Crippen molar-refractivity contribution >= 4 is 15.9 Å². The van der Waals surface area contributed by atoms with Crippen LogP contribution in [0.15, 0.2) is 4.90 Å². The van der Waals surface area contributed by atoms with E-state index in [9.17, 15) is 13.2 Å². The van der Waals surface area contributed by atoms with Gasteiger partial charge < -0.3 is 5.32 Å². The summed E-state index contributed by atoms with van der Waals surface area (Å²) < 4.78 is 23.2. The SMILES string of the molecule is Cc1[nH]nc(C(=O)NC2C3C4CCC(C4)C23)c1S(N)(=O)=O. The third-order valence-electron chi connectivity index (χ3n) is 5.42. The number of H-pyrrole nitrogens is 1. The molecule has 1 aromatic heterocycles. The number of fused-ring (bicyclic) bond motifs is 5. The van der Waals surface area contributed by atoms with Crippen LogP contribution >= 0.6 is 0 Å². The van der Waals surface area contributed by atoms with Crippen LogP contribution in [0, 0.1) is 30.6 Å². The fraction of sp³-hybridized carbons (Fsp3) is 0.692. The number of carbonyl (C=O) groups excluding carboxylic acids is 1. The van der Waals surface area contributed by atoms with E-state index in [-0.39, 0.29) is 16.6 Å². The lowest BCUT2D eigenvalue weighted by atomic mass is 10.0. The molecular formula is C13H18N4O3S. The van der Waals surface area contributed by atoms with E-state index in [1.54, 1.807) is 0 Å². The summed E-state index contributed by atoms with van der Waals surface area (Å²) in [7, 11) is -3.96. The van der Waals surface area contributed by atoms with Crippen LogP contribution in [0.3, 0.4) is 0 Å². The van der Waals surface area contributed by atoms with Crippen molar-refractivity contribution < 1.29 is 13.2 Å². The smallest absolute Gasteiger partial charge is 0.273 e. The number of amides is 1. The number of aromatic amines is 1. The van der Waals surface area contributed by atoms with Crippen molar-refractivity contribution in [3.05, 3.63) is 11.4 Å². The summed E-state index contributed by atoms with van der Waals surface area (Å²) in [5.41, 5.74) is 0.172. The minimum Gasteiger partial charge on any atom is -0.347 e. The van der Waals surface area contributed by atoms with E-state index in [4.69, 9.17) is 5.14 Å². The number of sulfonamides is 1. The minimum atomic E-state index is -3.96. The average molecular weight is 310 g/mol. The minimum absolute atomic E-state index is 0.118. The first-order valence-corrected chi connectivity index (χ1v) is 8.81.